The first kappa shape index (κ1) is 32.1. The van der Waals surface area contributed by atoms with Crippen molar-refractivity contribution in [1.82, 2.24) is 23.8 Å². The molecule has 2 amide bonds. The fraction of sp³-hybridized carbons (Fsp3) is 0.500. The molecule has 1 aromatic carbocycles. The molecule has 0 radical (unpaired) electrons. The number of anilines is 2. The average Bonchev–Trinajstić information content (AvgIpc) is 3.50. The van der Waals surface area contributed by atoms with Gasteiger partial charge in [0.2, 0.25) is 21.6 Å². The van der Waals surface area contributed by atoms with E-state index >= 15 is 0 Å². The van der Waals surface area contributed by atoms with Crippen LogP contribution in [-0.2, 0) is 26.0 Å². The van der Waals surface area contributed by atoms with Gasteiger partial charge in [-0.15, -0.1) is 0 Å². The number of hydrogen-bond acceptors (Lipinski definition) is 12. The molecule has 16 nitrogen and oxygen atoms in total. The van der Waals surface area contributed by atoms with E-state index in [4.69, 9.17) is 18.9 Å². The lowest BCUT2D eigenvalue weighted by Crippen LogP contribution is -2.42. The number of hydrogen-bond donors (Lipinski definition) is 2. The van der Waals surface area contributed by atoms with E-state index in [2.05, 4.69) is 30.6 Å². The summed E-state index contributed by atoms with van der Waals surface area (Å²) in [6, 6.07) is 3.57. The molecule has 0 spiro atoms. The number of aromatic nitrogens is 4. The normalized spacial score (nSPS) is 15.8. The van der Waals surface area contributed by atoms with E-state index in [9.17, 15) is 18.0 Å². The Morgan fingerprint density at radius 2 is 1.87 bits per heavy atom. The first-order chi connectivity index (χ1) is 21.4. The minimum absolute atomic E-state index is 0.0277. The lowest BCUT2D eigenvalue weighted by Gasteiger charge is -2.26. The molecule has 1 saturated heterocycles. The summed E-state index contributed by atoms with van der Waals surface area (Å²) in [5, 5.41) is 6.46. The molecule has 2 aliphatic heterocycles. The van der Waals surface area contributed by atoms with Crippen molar-refractivity contribution in [3.63, 3.8) is 0 Å². The van der Waals surface area contributed by atoms with Crippen molar-refractivity contribution in [1.29, 1.82) is 0 Å². The molecular formula is C28H36N8O8S. The van der Waals surface area contributed by atoms with Crippen LogP contribution < -0.4 is 25.7 Å². The van der Waals surface area contributed by atoms with Gasteiger partial charge in [-0.2, -0.15) is 9.30 Å². The monoisotopic (exact) mass is 644 g/mol. The van der Waals surface area contributed by atoms with Gasteiger partial charge in [-0.05, 0) is 39.3 Å². The van der Waals surface area contributed by atoms with Gasteiger partial charge in [0, 0.05) is 44.0 Å². The zero-order valence-corrected chi connectivity index (χ0v) is 26.3. The first-order valence-corrected chi connectivity index (χ1v) is 16.0. The number of ether oxygens (including phenoxy) is 4. The average molecular weight is 645 g/mol. The Labute approximate surface area is 259 Å². The lowest BCUT2D eigenvalue weighted by atomic mass is 10.2. The molecule has 1 fully saturated rings. The third-order valence-electron chi connectivity index (χ3n) is 6.79. The Bertz CT molecular complexity index is 1750. The van der Waals surface area contributed by atoms with Crippen molar-refractivity contribution < 1.29 is 37.0 Å². The van der Waals surface area contributed by atoms with Crippen LogP contribution in [0.4, 0.5) is 16.6 Å². The fourth-order valence-electron chi connectivity index (χ4n) is 4.78. The number of rotatable bonds is 9. The predicted molar refractivity (Wildman–Crippen MR) is 163 cm³/mol. The summed E-state index contributed by atoms with van der Waals surface area (Å²) in [7, 11) is -1.93. The van der Waals surface area contributed by atoms with Gasteiger partial charge in [0.1, 0.15) is 16.9 Å². The summed E-state index contributed by atoms with van der Waals surface area (Å²) in [5.74, 6) is 0.692. The molecule has 2 aliphatic rings. The van der Waals surface area contributed by atoms with E-state index < -0.39 is 27.6 Å². The summed E-state index contributed by atoms with van der Waals surface area (Å²) in [6.07, 6.45) is 2.06. The maximum Gasteiger partial charge on any atom is 0.414 e. The van der Waals surface area contributed by atoms with E-state index in [1.807, 2.05) is 6.07 Å². The molecular weight excluding hydrogens is 608 g/mol. The number of methoxy groups -OCH3 is 1. The predicted octanol–water partition coefficient (Wildman–Crippen LogP) is 1.78. The van der Waals surface area contributed by atoms with Crippen LogP contribution in [0.15, 0.2) is 29.5 Å². The van der Waals surface area contributed by atoms with Gasteiger partial charge in [0.05, 0.1) is 38.2 Å². The van der Waals surface area contributed by atoms with E-state index in [0.717, 1.165) is 5.39 Å². The van der Waals surface area contributed by atoms with Crippen LogP contribution in [-0.4, -0.2) is 102 Å². The number of amides is 2. The lowest BCUT2D eigenvalue weighted by molar-refractivity contribution is 0.0634. The Morgan fingerprint density at radius 3 is 2.56 bits per heavy atom. The maximum absolute atomic E-state index is 13.1. The van der Waals surface area contributed by atoms with E-state index in [1.54, 1.807) is 31.4 Å². The number of benzene rings is 1. The van der Waals surface area contributed by atoms with Crippen LogP contribution in [0.2, 0.25) is 0 Å². The van der Waals surface area contributed by atoms with Crippen LogP contribution in [0.5, 0.6) is 11.5 Å². The third-order valence-corrected chi connectivity index (χ3v) is 8.74. The molecule has 5 rings (SSSR count). The zero-order valence-electron chi connectivity index (χ0n) is 25.5. The molecule has 0 atom stereocenters. The summed E-state index contributed by atoms with van der Waals surface area (Å²) in [6.45, 7) is 7.94. The highest BCUT2D eigenvalue weighted by Gasteiger charge is 2.25. The number of carbonyl (C=O) groups is 2. The molecule has 242 valence electrons. The van der Waals surface area contributed by atoms with Crippen LogP contribution in [0.25, 0.3) is 10.9 Å². The van der Waals surface area contributed by atoms with Crippen LogP contribution in [0, 0.1) is 0 Å². The summed E-state index contributed by atoms with van der Waals surface area (Å²) >= 11 is 0. The molecule has 45 heavy (non-hydrogen) atoms. The SMILES string of the molecule is COc1c(OCCCS(=O)(=O)N2CCOCC2)ccc2c3n(c(=NC(=O)c4cnc(NC(=O)OC(C)(C)C)nc4)nc12)CCN3. The first-order valence-electron chi connectivity index (χ1n) is 14.4. The highest BCUT2D eigenvalue weighted by molar-refractivity contribution is 7.89. The molecule has 0 unspecified atom stereocenters. The minimum atomic E-state index is -3.41. The van der Waals surface area contributed by atoms with Gasteiger partial charge in [0.25, 0.3) is 5.91 Å². The Kier molecular flexibility index (Phi) is 9.50. The number of morpholine rings is 1. The van der Waals surface area contributed by atoms with Crippen LogP contribution >= 0.6 is 0 Å². The topological polar surface area (TPSA) is 188 Å². The molecule has 2 N–H and O–H groups in total. The summed E-state index contributed by atoms with van der Waals surface area (Å²) in [4.78, 5) is 42.1. The van der Waals surface area contributed by atoms with Crippen molar-refractivity contribution in [2.24, 2.45) is 4.99 Å². The van der Waals surface area contributed by atoms with Gasteiger partial charge in [-0.1, -0.05) is 0 Å². The van der Waals surface area contributed by atoms with Gasteiger partial charge >= 0.3 is 6.09 Å². The fourth-order valence-corrected chi connectivity index (χ4v) is 6.22. The van der Waals surface area contributed by atoms with Gasteiger partial charge < -0.3 is 24.3 Å². The molecule has 3 aromatic rings. The van der Waals surface area contributed by atoms with E-state index in [-0.39, 0.29) is 35.9 Å². The van der Waals surface area contributed by atoms with Crippen molar-refractivity contribution >= 4 is 44.7 Å². The van der Waals surface area contributed by atoms with Crippen molar-refractivity contribution in [2.45, 2.75) is 39.3 Å². The second-order valence-electron chi connectivity index (χ2n) is 11.2. The van der Waals surface area contributed by atoms with Crippen molar-refractivity contribution in [3.8, 4) is 11.5 Å². The summed E-state index contributed by atoms with van der Waals surface area (Å²) in [5.41, 5.74) is -0.0600. The smallest absolute Gasteiger partial charge is 0.414 e. The van der Waals surface area contributed by atoms with E-state index in [0.29, 0.717) is 62.2 Å². The Morgan fingerprint density at radius 1 is 1.13 bits per heavy atom. The van der Waals surface area contributed by atoms with E-state index in [1.165, 1.54) is 23.8 Å². The number of nitrogens with one attached hydrogen (secondary N) is 2. The number of carbonyl (C=O) groups excluding carboxylic acids is 2. The van der Waals surface area contributed by atoms with Crippen LogP contribution in [0.3, 0.4) is 0 Å². The highest BCUT2D eigenvalue weighted by atomic mass is 32.2. The zero-order chi connectivity index (χ0) is 32.2. The standard InChI is InChI=1S/C28H36N8O8S/c1-28(2,3)44-27(38)34-25-30-16-18(17-31-25)24(37)33-26-32-21-19(23-29-8-9-36(23)26)6-7-20(22(21)41-4)43-12-5-15-45(39,40)35-10-13-42-14-11-35/h6-7,16-17,29H,5,8-15H2,1-4H3,(H,30,31,34,38). The molecule has 2 aromatic heterocycles. The highest BCUT2D eigenvalue weighted by Crippen LogP contribution is 2.37. The second kappa shape index (κ2) is 13.3. The van der Waals surface area contributed by atoms with Gasteiger partial charge in [-0.25, -0.2) is 28.2 Å². The maximum atomic E-state index is 13.1. The third kappa shape index (κ3) is 7.66. The largest absolute Gasteiger partial charge is 0.491 e. The van der Waals surface area contributed by atoms with Gasteiger partial charge in [0.15, 0.2) is 11.5 Å². The number of sulfonamides is 1. The van der Waals surface area contributed by atoms with Crippen molar-refractivity contribution in [3.05, 3.63) is 35.7 Å². The Balaban J connectivity index is 1.35. The molecule has 4 heterocycles. The number of fused-ring (bicyclic) bond motifs is 3. The minimum Gasteiger partial charge on any atom is -0.491 e. The molecule has 17 heteroatoms. The molecule has 0 bridgehead atoms. The second-order valence-corrected chi connectivity index (χ2v) is 13.3. The molecule has 0 aliphatic carbocycles. The Hall–Kier alpha value is -4.35. The summed E-state index contributed by atoms with van der Waals surface area (Å²) < 4.78 is 50.6. The van der Waals surface area contributed by atoms with Gasteiger partial charge in [-0.3, -0.25) is 14.7 Å². The number of nitrogens with zero attached hydrogens (tertiary/aromatic N) is 6. The molecule has 0 saturated carbocycles. The van der Waals surface area contributed by atoms with Crippen molar-refractivity contribution in [2.75, 3.05) is 63.0 Å². The van der Waals surface area contributed by atoms with Crippen LogP contribution in [0.1, 0.15) is 37.6 Å². The quantitative estimate of drug-likeness (QED) is 0.322.